The summed E-state index contributed by atoms with van der Waals surface area (Å²) in [5, 5.41) is 1.14. The molecular formula is C17H18FNO2. The first-order valence-corrected chi connectivity index (χ1v) is 7.17. The summed E-state index contributed by atoms with van der Waals surface area (Å²) >= 11 is 0. The molecule has 1 aliphatic heterocycles. The highest BCUT2D eigenvalue weighted by molar-refractivity contribution is 6.07. The Balaban J connectivity index is 2.04. The second-order valence-corrected chi connectivity index (χ2v) is 5.59. The van der Waals surface area contributed by atoms with Crippen LogP contribution in [-0.2, 0) is 4.74 Å². The van der Waals surface area contributed by atoms with Crippen molar-refractivity contribution in [1.82, 2.24) is 4.90 Å². The van der Waals surface area contributed by atoms with E-state index in [1.54, 1.807) is 24.3 Å². The molecule has 1 aliphatic rings. The van der Waals surface area contributed by atoms with Gasteiger partial charge in [0.25, 0.3) is 5.91 Å². The fraction of sp³-hybridized carbons (Fsp3) is 0.353. The molecule has 1 saturated heterocycles. The van der Waals surface area contributed by atoms with E-state index in [1.807, 2.05) is 24.8 Å². The van der Waals surface area contributed by atoms with Gasteiger partial charge in [0.15, 0.2) is 0 Å². The number of fused-ring (bicyclic) bond motifs is 1. The van der Waals surface area contributed by atoms with Crippen molar-refractivity contribution < 1.29 is 13.9 Å². The predicted octanol–water partition coefficient (Wildman–Crippen LogP) is 3.23. The third-order valence-electron chi connectivity index (χ3n) is 3.97. The van der Waals surface area contributed by atoms with Crippen molar-refractivity contribution in [2.45, 2.75) is 26.0 Å². The van der Waals surface area contributed by atoms with E-state index in [0.717, 1.165) is 0 Å². The van der Waals surface area contributed by atoms with Crippen LogP contribution in [0.15, 0.2) is 36.4 Å². The zero-order valence-corrected chi connectivity index (χ0v) is 12.2. The van der Waals surface area contributed by atoms with E-state index in [9.17, 15) is 9.18 Å². The van der Waals surface area contributed by atoms with Gasteiger partial charge in [0.2, 0.25) is 0 Å². The van der Waals surface area contributed by atoms with E-state index in [4.69, 9.17) is 4.74 Å². The van der Waals surface area contributed by atoms with Gasteiger partial charge in [0.05, 0.1) is 18.8 Å². The van der Waals surface area contributed by atoms with Gasteiger partial charge in [-0.15, -0.1) is 0 Å². The lowest BCUT2D eigenvalue weighted by atomic mass is 10.0. The molecule has 0 N–H and O–H groups in total. The Morgan fingerprint density at radius 3 is 2.67 bits per heavy atom. The van der Waals surface area contributed by atoms with Gasteiger partial charge in [-0.25, -0.2) is 4.39 Å². The van der Waals surface area contributed by atoms with Gasteiger partial charge in [-0.05, 0) is 31.4 Å². The van der Waals surface area contributed by atoms with Gasteiger partial charge in [-0.2, -0.15) is 0 Å². The summed E-state index contributed by atoms with van der Waals surface area (Å²) in [6.07, 6.45) is 0.0249. The zero-order chi connectivity index (χ0) is 15.0. The van der Waals surface area contributed by atoms with Crippen LogP contribution in [0.5, 0.6) is 0 Å². The lowest BCUT2D eigenvalue weighted by molar-refractivity contribution is -0.0386. The standard InChI is InChI=1S/C17H18FNO2/c1-11-10-21-12(2)9-19(11)17(20)15-7-8-16(18)14-6-4-3-5-13(14)15/h3-8,11-12H,9-10H2,1-2H3. The van der Waals surface area contributed by atoms with Crippen LogP contribution >= 0.6 is 0 Å². The van der Waals surface area contributed by atoms with Crippen LogP contribution in [0, 0.1) is 5.82 Å². The number of nitrogens with zero attached hydrogens (tertiary/aromatic N) is 1. The number of rotatable bonds is 1. The van der Waals surface area contributed by atoms with Crippen molar-refractivity contribution in [2.75, 3.05) is 13.2 Å². The van der Waals surface area contributed by atoms with E-state index >= 15 is 0 Å². The van der Waals surface area contributed by atoms with Gasteiger partial charge in [-0.1, -0.05) is 24.3 Å². The van der Waals surface area contributed by atoms with E-state index in [2.05, 4.69) is 0 Å². The molecule has 1 heterocycles. The third kappa shape index (κ3) is 2.51. The minimum Gasteiger partial charge on any atom is -0.375 e. The number of carbonyl (C=O) groups is 1. The largest absolute Gasteiger partial charge is 0.375 e. The summed E-state index contributed by atoms with van der Waals surface area (Å²) < 4.78 is 19.4. The summed E-state index contributed by atoms with van der Waals surface area (Å²) in [6, 6.07) is 10.1. The number of morpholine rings is 1. The molecule has 0 bridgehead atoms. The van der Waals surface area contributed by atoms with Crippen LogP contribution in [0.1, 0.15) is 24.2 Å². The summed E-state index contributed by atoms with van der Waals surface area (Å²) in [4.78, 5) is 14.6. The van der Waals surface area contributed by atoms with Crippen molar-refractivity contribution in [2.24, 2.45) is 0 Å². The Hall–Kier alpha value is -1.94. The van der Waals surface area contributed by atoms with Crippen molar-refractivity contribution in [1.29, 1.82) is 0 Å². The maximum absolute atomic E-state index is 13.9. The van der Waals surface area contributed by atoms with Crippen molar-refractivity contribution in [3.8, 4) is 0 Å². The fourth-order valence-electron chi connectivity index (χ4n) is 2.79. The molecule has 2 aromatic carbocycles. The number of hydrogen-bond donors (Lipinski definition) is 0. The summed E-state index contributed by atoms with van der Waals surface area (Å²) in [7, 11) is 0. The molecule has 2 aromatic rings. The van der Waals surface area contributed by atoms with E-state index in [1.165, 1.54) is 6.07 Å². The summed E-state index contributed by atoms with van der Waals surface area (Å²) in [5.74, 6) is -0.362. The third-order valence-corrected chi connectivity index (χ3v) is 3.97. The molecule has 4 heteroatoms. The van der Waals surface area contributed by atoms with Crippen LogP contribution in [0.25, 0.3) is 10.8 Å². The molecule has 3 rings (SSSR count). The van der Waals surface area contributed by atoms with Crippen molar-refractivity contribution >= 4 is 16.7 Å². The monoisotopic (exact) mass is 287 g/mol. The summed E-state index contributed by atoms with van der Waals surface area (Å²) in [5.41, 5.74) is 0.549. The van der Waals surface area contributed by atoms with Crippen LogP contribution in [-0.4, -0.2) is 36.1 Å². The highest BCUT2D eigenvalue weighted by atomic mass is 19.1. The molecule has 1 fully saturated rings. The first kappa shape index (κ1) is 14.0. The molecular weight excluding hydrogens is 269 g/mol. The second kappa shape index (κ2) is 5.45. The number of benzene rings is 2. The fourth-order valence-corrected chi connectivity index (χ4v) is 2.79. The topological polar surface area (TPSA) is 29.5 Å². The Bertz CT molecular complexity index is 686. The summed E-state index contributed by atoms with van der Waals surface area (Å²) in [6.45, 7) is 5.02. The van der Waals surface area contributed by atoms with Crippen LogP contribution in [0.4, 0.5) is 4.39 Å². The quantitative estimate of drug-likeness (QED) is 0.806. The first-order valence-electron chi connectivity index (χ1n) is 7.17. The second-order valence-electron chi connectivity index (χ2n) is 5.59. The van der Waals surface area contributed by atoms with Gasteiger partial charge in [0.1, 0.15) is 5.82 Å². The maximum Gasteiger partial charge on any atom is 0.254 e. The SMILES string of the molecule is CC1CN(C(=O)c2ccc(F)c3ccccc23)C(C)CO1. The lowest BCUT2D eigenvalue weighted by Gasteiger charge is -2.37. The zero-order valence-electron chi connectivity index (χ0n) is 12.2. The Morgan fingerprint density at radius 1 is 1.19 bits per heavy atom. The minimum atomic E-state index is -0.300. The minimum absolute atomic E-state index is 0.0249. The number of carbonyl (C=O) groups excluding carboxylic acids is 1. The number of ether oxygens (including phenoxy) is 1. The Labute approximate surface area is 123 Å². The van der Waals surface area contributed by atoms with E-state index < -0.39 is 0 Å². The van der Waals surface area contributed by atoms with E-state index in [-0.39, 0.29) is 23.9 Å². The van der Waals surface area contributed by atoms with Gasteiger partial charge >= 0.3 is 0 Å². The van der Waals surface area contributed by atoms with Gasteiger partial charge in [-0.3, -0.25) is 4.79 Å². The average molecular weight is 287 g/mol. The van der Waals surface area contributed by atoms with Gasteiger partial charge in [0, 0.05) is 17.5 Å². The normalized spacial score (nSPS) is 22.5. The maximum atomic E-state index is 13.9. The average Bonchev–Trinajstić information content (AvgIpc) is 2.50. The molecule has 21 heavy (non-hydrogen) atoms. The van der Waals surface area contributed by atoms with Crippen LogP contribution in [0.2, 0.25) is 0 Å². The molecule has 2 unspecified atom stereocenters. The molecule has 0 aliphatic carbocycles. The highest BCUT2D eigenvalue weighted by Crippen LogP contribution is 2.24. The molecule has 0 aromatic heterocycles. The lowest BCUT2D eigenvalue weighted by Crippen LogP contribution is -2.50. The van der Waals surface area contributed by atoms with E-state index in [0.29, 0.717) is 29.5 Å². The molecule has 0 radical (unpaired) electrons. The van der Waals surface area contributed by atoms with Crippen molar-refractivity contribution in [3.63, 3.8) is 0 Å². The van der Waals surface area contributed by atoms with Crippen LogP contribution < -0.4 is 0 Å². The number of amides is 1. The Morgan fingerprint density at radius 2 is 1.90 bits per heavy atom. The highest BCUT2D eigenvalue weighted by Gasteiger charge is 2.29. The molecule has 0 saturated carbocycles. The number of halogens is 1. The first-order chi connectivity index (χ1) is 10.1. The van der Waals surface area contributed by atoms with Crippen molar-refractivity contribution in [3.05, 3.63) is 47.8 Å². The molecule has 3 nitrogen and oxygen atoms in total. The Kier molecular flexibility index (Phi) is 3.64. The van der Waals surface area contributed by atoms with Crippen LogP contribution in [0.3, 0.4) is 0 Å². The number of hydrogen-bond acceptors (Lipinski definition) is 2. The van der Waals surface area contributed by atoms with Gasteiger partial charge < -0.3 is 9.64 Å². The predicted molar refractivity (Wildman–Crippen MR) is 79.8 cm³/mol. The molecule has 110 valence electrons. The smallest absolute Gasteiger partial charge is 0.254 e. The molecule has 1 amide bonds. The molecule has 0 spiro atoms. The molecule has 2 atom stereocenters.